The molecule has 8 atom stereocenters. The zero-order valence-electron chi connectivity index (χ0n) is 21.6. The van der Waals surface area contributed by atoms with Crippen LogP contribution in [0, 0.1) is 40.4 Å². The van der Waals surface area contributed by atoms with E-state index in [-0.39, 0.29) is 17.6 Å². The minimum absolute atomic E-state index is 0.0760. The third-order valence-corrected chi connectivity index (χ3v) is 10.6. The van der Waals surface area contributed by atoms with Crippen LogP contribution >= 0.6 is 0 Å². The number of carbonyl (C=O) groups excluding carboxylic acids is 1. The SMILES string of the molecule is CCNCCN(C)C(=O)O/N=C(\C)[C@H]1CC[C@H]2[C@@H]3CC[C@@H]4C[C@@H](O)CC[C@]4(C)[C@H]3CC[C@]12C. The molecule has 6 heteroatoms. The second-order valence-corrected chi connectivity index (χ2v) is 12.1. The molecule has 6 nitrogen and oxygen atoms in total. The van der Waals surface area contributed by atoms with Gasteiger partial charge in [0.25, 0.3) is 0 Å². The molecule has 0 aliphatic heterocycles. The van der Waals surface area contributed by atoms with E-state index in [1.54, 1.807) is 11.9 Å². The van der Waals surface area contributed by atoms with Crippen molar-refractivity contribution in [3.8, 4) is 0 Å². The highest BCUT2D eigenvalue weighted by molar-refractivity contribution is 5.85. The first-order valence-electron chi connectivity index (χ1n) is 13.6. The Labute approximate surface area is 200 Å². The summed E-state index contributed by atoms with van der Waals surface area (Å²) in [6.07, 6.45) is 10.4. The molecule has 0 radical (unpaired) electrons. The fourth-order valence-electron chi connectivity index (χ4n) is 8.68. The van der Waals surface area contributed by atoms with E-state index in [0.29, 0.717) is 23.8 Å². The van der Waals surface area contributed by atoms with Gasteiger partial charge in [0.15, 0.2) is 0 Å². The fraction of sp³-hybridized carbons (Fsp3) is 0.926. The van der Waals surface area contributed by atoms with Crippen molar-refractivity contribution in [3.05, 3.63) is 0 Å². The average molecular weight is 462 g/mol. The van der Waals surface area contributed by atoms with E-state index in [1.165, 1.54) is 38.5 Å². The fourth-order valence-corrected chi connectivity index (χ4v) is 8.68. The van der Waals surface area contributed by atoms with Crippen molar-refractivity contribution in [2.24, 2.45) is 45.6 Å². The number of oxime groups is 1. The number of nitrogens with zero attached hydrogens (tertiary/aromatic N) is 2. The predicted octanol–water partition coefficient (Wildman–Crippen LogP) is 5.06. The van der Waals surface area contributed by atoms with E-state index in [4.69, 9.17) is 4.84 Å². The number of aliphatic hydroxyl groups is 1. The lowest BCUT2D eigenvalue weighted by Gasteiger charge is -2.61. The van der Waals surface area contributed by atoms with Crippen molar-refractivity contribution in [3.63, 3.8) is 0 Å². The Bertz CT molecular complexity index is 742. The first kappa shape index (κ1) is 25.0. The van der Waals surface area contributed by atoms with Gasteiger partial charge in [0.05, 0.1) is 11.8 Å². The van der Waals surface area contributed by atoms with Crippen LogP contribution in [0.25, 0.3) is 0 Å². The summed E-state index contributed by atoms with van der Waals surface area (Å²) in [5.41, 5.74) is 1.67. The van der Waals surface area contributed by atoms with Gasteiger partial charge in [0, 0.05) is 26.1 Å². The molecule has 0 aromatic carbocycles. The third kappa shape index (κ3) is 4.59. The van der Waals surface area contributed by atoms with E-state index in [2.05, 4.69) is 38.2 Å². The van der Waals surface area contributed by atoms with Crippen molar-refractivity contribution in [2.45, 2.75) is 91.6 Å². The normalized spacial score (nSPS) is 42.8. The Morgan fingerprint density at radius 3 is 2.58 bits per heavy atom. The number of fused-ring (bicyclic) bond motifs is 5. The van der Waals surface area contributed by atoms with Crippen LogP contribution in [0.1, 0.15) is 85.5 Å². The van der Waals surface area contributed by atoms with Gasteiger partial charge in [-0.05, 0) is 106 Å². The van der Waals surface area contributed by atoms with Gasteiger partial charge >= 0.3 is 6.09 Å². The Morgan fingerprint density at radius 2 is 1.82 bits per heavy atom. The van der Waals surface area contributed by atoms with Crippen molar-refractivity contribution in [1.29, 1.82) is 0 Å². The standard InChI is InChI=1S/C27H47N3O3/c1-6-28-15-16-30(5)25(32)33-29-18(2)22-9-10-23-21-8-7-19-17-20(31)11-13-26(19,3)24(21)12-14-27(22,23)4/h19-24,28,31H,6-17H2,1-5H3/b29-18+/t19-,20+,21+,22-,23+,24+,26+,27-/m1/s1. The molecule has 0 saturated heterocycles. The highest BCUT2D eigenvalue weighted by atomic mass is 16.7. The van der Waals surface area contributed by atoms with E-state index in [0.717, 1.165) is 55.8 Å². The highest BCUT2D eigenvalue weighted by Gasteiger charge is 2.60. The average Bonchev–Trinajstić information content (AvgIpc) is 3.15. The van der Waals surface area contributed by atoms with Crippen molar-refractivity contribution < 1.29 is 14.7 Å². The second kappa shape index (κ2) is 9.85. The first-order chi connectivity index (χ1) is 15.7. The van der Waals surface area contributed by atoms with E-state index in [1.807, 2.05) is 0 Å². The molecule has 2 N–H and O–H groups in total. The number of hydrogen-bond donors (Lipinski definition) is 2. The van der Waals surface area contributed by atoms with Gasteiger partial charge in [-0.3, -0.25) is 4.84 Å². The lowest BCUT2D eigenvalue weighted by Crippen LogP contribution is -2.54. The smallest absolute Gasteiger partial charge is 0.393 e. The molecule has 4 aliphatic carbocycles. The Kier molecular flexibility index (Phi) is 7.45. The van der Waals surface area contributed by atoms with E-state index >= 15 is 0 Å². The maximum absolute atomic E-state index is 12.4. The molecule has 0 spiro atoms. The van der Waals surface area contributed by atoms with Crippen molar-refractivity contribution in [2.75, 3.05) is 26.7 Å². The summed E-state index contributed by atoms with van der Waals surface area (Å²) in [5, 5.41) is 17.9. The lowest BCUT2D eigenvalue weighted by atomic mass is 9.44. The zero-order valence-corrected chi connectivity index (χ0v) is 21.6. The molecule has 33 heavy (non-hydrogen) atoms. The lowest BCUT2D eigenvalue weighted by molar-refractivity contribution is -0.123. The summed E-state index contributed by atoms with van der Waals surface area (Å²) < 4.78 is 0. The molecular formula is C27H47N3O3. The van der Waals surface area contributed by atoms with Crippen LogP contribution in [0.4, 0.5) is 4.79 Å². The third-order valence-electron chi connectivity index (χ3n) is 10.6. The molecule has 0 bridgehead atoms. The van der Waals surface area contributed by atoms with Gasteiger partial charge in [-0.25, -0.2) is 4.79 Å². The largest absolute Gasteiger partial charge is 0.435 e. The van der Waals surface area contributed by atoms with Gasteiger partial charge in [0.1, 0.15) is 0 Å². The highest BCUT2D eigenvalue weighted by Crippen LogP contribution is 2.67. The predicted molar refractivity (Wildman–Crippen MR) is 132 cm³/mol. The summed E-state index contributed by atoms with van der Waals surface area (Å²) in [5.74, 6) is 3.46. The molecule has 4 fully saturated rings. The topological polar surface area (TPSA) is 74.2 Å². The first-order valence-corrected chi connectivity index (χ1v) is 13.6. The Morgan fingerprint density at radius 1 is 1.09 bits per heavy atom. The minimum atomic E-state index is -0.374. The van der Waals surface area contributed by atoms with Gasteiger partial charge < -0.3 is 15.3 Å². The molecule has 0 heterocycles. The number of carbonyl (C=O) groups is 1. The van der Waals surface area contributed by atoms with Crippen LogP contribution in [-0.2, 0) is 4.84 Å². The molecule has 4 aliphatic rings. The molecule has 0 unspecified atom stereocenters. The number of hydrogen-bond acceptors (Lipinski definition) is 5. The van der Waals surface area contributed by atoms with Crippen molar-refractivity contribution in [1.82, 2.24) is 10.2 Å². The number of aliphatic hydroxyl groups excluding tert-OH is 1. The van der Waals surface area contributed by atoms with Gasteiger partial charge in [-0.1, -0.05) is 25.9 Å². The van der Waals surface area contributed by atoms with Crippen LogP contribution in [-0.4, -0.2) is 54.6 Å². The summed E-state index contributed by atoms with van der Waals surface area (Å²) in [6.45, 7) is 11.4. The number of likely N-dealkylation sites (N-methyl/N-ethyl adjacent to an activating group) is 2. The zero-order chi connectivity index (χ0) is 23.8. The van der Waals surface area contributed by atoms with Gasteiger partial charge in [-0.15, -0.1) is 0 Å². The van der Waals surface area contributed by atoms with E-state index in [9.17, 15) is 9.90 Å². The van der Waals surface area contributed by atoms with Crippen LogP contribution in [0.3, 0.4) is 0 Å². The molecular weight excluding hydrogens is 414 g/mol. The van der Waals surface area contributed by atoms with Crippen LogP contribution in [0.5, 0.6) is 0 Å². The summed E-state index contributed by atoms with van der Waals surface area (Å²) in [7, 11) is 1.76. The van der Waals surface area contributed by atoms with Gasteiger partial charge in [-0.2, -0.15) is 0 Å². The molecule has 0 aromatic heterocycles. The maximum Gasteiger partial charge on any atom is 0.435 e. The summed E-state index contributed by atoms with van der Waals surface area (Å²) >= 11 is 0. The van der Waals surface area contributed by atoms with Gasteiger partial charge in [0.2, 0.25) is 0 Å². The monoisotopic (exact) mass is 461 g/mol. The molecule has 4 saturated carbocycles. The Hall–Kier alpha value is -1.14. The molecule has 188 valence electrons. The molecule has 0 aromatic rings. The number of nitrogens with one attached hydrogen (secondary N) is 1. The quantitative estimate of drug-likeness (QED) is 0.251. The summed E-state index contributed by atoms with van der Waals surface area (Å²) in [4.78, 5) is 19.3. The van der Waals surface area contributed by atoms with Crippen LogP contribution in [0.15, 0.2) is 5.16 Å². The minimum Gasteiger partial charge on any atom is -0.393 e. The number of rotatable bonds is 6. The van der Waals surface area contributed by atoms with E-state index < -0.39 is 0 Å². The van der Waals surface area contributed by atoms with Crippen LogP contribution in [0.2, 0.25) is 0 Å². The molecule has 4 rings (SSSR count). The van der Waals surface area contributed by atoms with Crippen LogP contribution < -0.4 is 5.32 Å². The maximum atomic E-state index is 12.4. The Balaban J connectivity index is 1.41. The second-order valence-electron chi connectivity index (χ2n) is 12.1. The molecule has 1 amide bonds. The summed E-state index contributed by atoms with van der Waals surface area (Å²) in [6, 6.07) is 0. The van der Waals surface area contributed by atoms with Crippen molar-refractivity contribution >= 4 is 11.8 Å². The number of amides is 1.